The largest absolute Gasteiger partial charge is 0.508 e. The van der Waals surface area contributed by atoms with Crippen molar-refractivity contribution in [3.05, 3.63) is 63.7 Å². The number of phenolic OH excluding ortho intramolecular Hbond substituents is 1. The molecule has 28 heavy (non-hydrogen) atoms. The molecule has 0 amide bonds. The number of hydrogen-bond donors (Lipinski definition) is 1. The van der Waals surface area contributed by atoms with Crippen molar-refractivity contribution < 1.29 is 5.11 Å². The van der Waals surface area contributed by atoms with Gasteiger partial charge in [0.15, 0.2) is 0 Å². The molecule has 1 saturated carbocycles. The van der Waals surface area contributed by atoms with E-state index in [9.17, 15) is 9.90 Å². The molecule has 0 unspecified atom stereocenters. The summed E-state index contributed by atoms with van der Waals surface area (Å²) in [5, 5.41) is 20.0. The van der Waals surface area contributed by atoms with Gasteiger partial charge in [-0.2, -0.15) is 5.26 Å². The molecule has 1 aliphatic rings. The van der Waals surface area contributed by atoms with Crippen LogP contribution in [0.4, 0.5) is 0 Å². The second-order valence-electron chi connectivity index (χ2n) is 7.87. The zero-order valence-corrected chi connectivity index (χ0v) is 16.1. The molecule has 5 nitrogen and oxygen atoms in total. The normalized spacial score (nSPS) is 13.8. The maximum absolute atomic E-state index is 13.4. The van der Waals surface area contributed by atoms with E-state index in [1.807, 2.05) is 13.8 Å². The first-order valence-corrected chi connectivity index (χ1v) is 9.77. The van der Waals surface area contributed by atoms with Crippen molar-refractivity contribution in [2.75, 3.05) is 0 Å². The van der Waals surface area contributed by atoms with Gasteiger partial charge < -0.3 is 5.11 Å². The lowest BCUT2D eigenvalue weighted by Crippen LogP contribution is -2.25. The number of hydrogen-bond acceptors (Lipinski definition) is 4. The molecule has 5 heteroatoms. The lowest BCUT2D eigenvalue weighted by molar-refractivity contribution is 0.467. The van der Waals surface area contributed by atoms with Crippen molar-refractivity contribution in [2.24, 2.45) is 5.92 Å². The third-order valence-corrected chi connectivity index (χ3v) is 5.42. The lowest BCUT2D eigenvalue weighted by Gasteiger charge is -2.18. The van der Waals surface area contributed by atoms with Gasteiger partial charge in [-0.15, -0.1) is 0 Å². The highest BCUT2D eigenvalue weighted by molar-refractivity contribution is 5.83. The first-order chi connectivity index (χ1) is 13.5. The SMILES string of the molecule is CC(C)c1nc2c(CCC3CC3)c(O)ccc2c(=O)n1-c1ccc(C#N)cc1. The van der Waals surface area contributed by atoms with E-state index < -0.39 is 0 Å². The van der Waals surface area contributed by atoms with E-state index in [1.54, 1.807) is 41.0 Å². The van der Waals surface area contributed by atoms with Crippen LogP contribution >= 0.6 is 0 Å². The quantitative estimate of drug-likeness (QED) is 0.717. The third kappa shape index (κ3) is 3.27. The fourth-order valence-corrected chi connectivity index (χ4v) is 3.64. The molecule has 1 N–H and O–H groups in total. The zero-order valence-electron chi connectivity index (χ0n) is 16.1. The van der Waals surface area contributed by atoms with Crippen molar-refractivity contribution in [2.45, 2.75) is 45.4 Å². The Morgan fingerprint density at radius 1 is 1.21 bits per heavy atom. The average Bonchev–Trinajstić information content (AvgIpc) is 3.51. The van der Waals surface area contributed by atoms with Crippen LogP contribution in [0, 0.1) is 17.2 Å². The Balaban J connectivity index is 1.94. The van der Waals surface area contributed by atoms with Crippen molar-refractivity contribution >= 4 is 10.9 Å². The summed E-state index contributed by atoms with van der Waals surface area (Å²) < 4.78 is 1.62. The molecule has 0 saturated heterocycles. The van der Waals surface area contributed by atoms with Crippen LogP contribution in [0.1, 0.15) is 56.0 Å². The molecule has 1 fully saturated rings. The fraction of sp³-hybridized carbons (Fsp3) is 0.348. The monoisotopic (exact) mass is 373 g/mol. The van der Waals surface area contributed by atoms with Crippen LogP contribution in [-0.2, 0) is 6.42 Å². The summed E-state index contributed by atoms with van der Waals surface area (Å²) in [5.41, 5.74) is 2.47. The highest BCUT2D eigenvalue weighted by Gasteiger charge is 2.23. The van der Waals surface area contributed by atoms with Crippen LogP contribution in [0.25, 0.3) is 16.6 Å². The molecule has 3 aromatic rings. The van der Waals surface area contributed by atoms with E-state index in [2.05, 4.69) is 6.07 Å². The number of fused-ring (bicyclic) bond motifs is 1. The molecule has 2 aromatic carbocycles. The molecule has 0 bridgehead atoms. The second kappa shape index (κ2) is 7.12. The number of aromatic nitrogens is 2. The Hall–Kier alpha value is -3.13. The van der Waals surface area contributed by atoms with E-state index >= 15 is 0 Å². The average molecular weight is 373 g/mol. The molecule has 0 aliphatic heterocycles. The van der Waals surface area contributed by atoms with Crippen molar-refractivity contribution in [3.63, 3.8) is 0 Å². The van der Waals surface area contributed by atoms with Gasteiger partial charge in [0, 0.05) is 11.5 Å². The summed E-state index contributed by atoms with van der Waals surface area (Å²) in [6, 6.07) is 12.3. The summed E-state index contributed by atoms with van der Waals surface area (Å²) in [4.78, 5) is 18.3. The van der Waals surface area contributed by atoms with Crippen LogP contribution in [0.2, 0.25) is 0 Å². The van der Waals surface area contributed by atoms with Crippen LogP contribution in [0.5, 0.6) is 5.75 Å². The Kier molecular flexibility index (Phi) is 4.64. The van der Waals surface area contributed by atoms with Gasteiger partial charge in [-0.1, -0.05) is 26.7 Å². The molecule has 0 atom stereocenters. The van der Waals surface area contributed by atoms with Gasteiger partial charge in [0.1, 0.15) is 11.6 Å². The molecular weight excluding hydrogens is 350 g/mol. The van der Waals surface area contributed by atoms with Crippen molar-refractivity contribution in [1.82, 2.24) is 9.55 Å². The van der Waals surface area contributed by atoms with Gasteiger partial charge in [0.05, 0.1) is 28.2 Å². The fourth-order valence-electron chi connectivity index (χ4n) is 3.64. The Labute approximate surface area is 163 Å². The number of benzene rings is 2. The van der Waals surface area contributed by atoms with Gasteiger partial charge >= 0.3 is 0 Å². The van der Waals surface area contributed by atoms with E-state index in [4.69, 9.17) is 10.2 Å². The number of nitriles is 1. The van der Waals surface area contributed by atoms with Crippen LogP contribution < -0.4 is 5.56 Å². The molecule has 4 rings (SSSR count). The molecule has 0 spiro atoms. The highest BCUT2D eigenvalue weighted by atomic mass is 16.3. The maximum atomic E-state index is 13.4. The smallest absolute Gasteiger partial charge is 0.265 e. The van der Waals surface area contributed by atoms with Crippen molar-refractivity contribution in [3.8, 4) is 17.5 Å². The molecule has 1 heterocycles. The third-order valence-electron chi connectivity index (χ3n) is 5.42. The van der Waals surface area contributed by atoms with Gasteiger partial charge in [0.2, 0.25) is 0 Å². The molecule has 1 aliphatic carbocycles. The number of phenols is 1. The molecule has 1 aromatic heterocycles. The summed E-state index contributed by atoms with van der Waals surface area (Å²) >= 11 is 0. The maximum Gasteiger partial charge on any atom is 0.265 e. The number of aryl methyl sites for hydroxylation is 1. The first kappa shape index (κ1) is 18.2. The minimum atomic E-state index is -0.147. The van der Waals surface area contributed by atoms with Crippen LogP contribution in [-0.4, -0.2) is 14.7 Å². The minimum Gasteiger partial charge on any atom is -0.508 e. The van der Waals surface area contributed by atoms with Gasteiger partial charge in [0.25, 0.3) is 5.56 Å². The predicted octanol–water partition coefficient (Wildman–Crippen LogP) is 4.43. The predicted molar refractivity (Wildman–Crippen MR) is 109 cm³/mol. The minimum absolute atomic E-state index is 0.0198. The van der Waals surface area contributed by atoms with Crippen LogP contribution in [0.15, 0.2) is 41.2 Å². The molecule has 0 radical (unpaired) electrons. The number of aromatic hydroxyl groups is 1. The van der Waals surface area contributed by atoms with Crippen molar-refractivity contribution in [1.29, 1.82) is 5.26 Å². The Morgan fingerprint density at radius 3 is 2.54 bits per heavy atom. The number of rotatable bonds is 5. The second-order valence-corrected chi connectivity index (χ2v) is 7.87. The molecular formula is C23H23N3O2. The topological polar surface area (TPSA) is 78.9 Å². The van der Waals surface area contributed by atoms with Gasteiger partial charge in [-0.25, -0.2) is 4.98 Å². The Bertz CT molecular complexity index is 1130. The first-order valence-electron chi connectivity index (χ1n) is 9.77. The Morgan fingerprint density at radius 2 is 1.93 bits per heavy atom. The summed E-state index contributed by atoms with van der Waals surface area (Å²) in [5.74, 6) is 1.62. The highest BCUT2D eigenvalue weighted by Crippen LogP contribution is 2.36. The molecule has 142 valence electrons. The summed E-state index contributed by atoms with van der Waals surface area (Å²) in [6.07, 6.45) is 4.26. The van der Waals surface area contributed by atoms with E-state index in [-0.39, 0.29) is 17.2 Å². The lowest BCUT2D eigenvalue weighted by atomic mass is 10.0. The zero-order chi connectivity index (χ0) is 19.8. The van der Waals surface area contributed by atoms with E-state index in [0.717, 1.165) is 24.3 Å². The van der Waals surface area contributed by atoms with Crippen LogP contribution in [0.3, 0.4) is 0 Å². The van der Waals surface area contributed by atoms with Gasteiger partial charge in [-0.05, 0) is 55.2 Å². The standard InChI is InChI=1S/C23H23N3O2/c1-14(2)22-25-21-18(10-7-15-3-4-15)20(27)12-11-19(21)23(28)26(22)17-8-5-16(13-24)6-9-17/h5-6,8-9,11-12,14-15,27H,3-4,7,10H2,1-2H3. The summed E-state index contributed by atoms with van der Waals surface area (Å²) in [7, 11) is 0. The van der Waals surface area contributed by atoms with E-state index in [1.165, 1.54) is 12.8 Å². The number of nitrogens with zero attached hydrogens (tertiary/aromatic N) is 3. The van der Waals surface area contributed by atoms with Gasteiger partial charge in [-0.3, -0.25) is 9.36 Å². The van der Waals surface area contributed by atoms with E-state index in [0.29, 0.717) is 28.0 Å². The summed E-state index contributed by atoms with van der Waals surface area (Å²) in [6.45, 7) is 4.00.